The summed E-state index contributed by atoms with van der Waals surface area (Å²) in [7, 11) is 0. The van der Waals surface area contributed by atoms with E-state index < -0.39 is 0 Å². The molecule has 0 atom stereocenters. The largest absolute Gasteiger partial charge is 0.398 e. The smallest absolute Gasteiger partial charge is 0.0409 e. The Morgan fingerprint density at radius 2 is 1.80 bits per heavy atom. The Morgan fingerprint density at radius 1 is 1.13 bits per heavy atom. The van der Waals surface area contributed by atoms with E-state index in [0.717, 1.165) is 5.56 Å². The predicted molar refractivity (Wildman–Crippen MR) is 57.5 cm³/mol. The minimum atomic E-state index is 0. The van der Waals surface area contributed by atoms with Crippen molar-refractivity contribution in [2.45, 2.75) is 6.92 Å². The number of benzene rings is 1. The Kier molecular flexibility index (Phi) is 8.16. The zero-order valence-corrected chi connectivity index (χ0v) is 11.5. The molecule has 2 rings (SSSR count). The van der Waals surface area contributed by atoms with E-state index in [1.54, 1.807) is 6.20 Å². The summed E-state index contributed by atoms with van der Waals surface area (Å²) in [6, 6.07) is 17.1. The van der Waals surface area contributed by atoms with Gasteiger partial charge in [0.15, 0.2) is 0 Å². The second kappa shape index (κ2) is 8.57. The molecular formula is C12H12N2Y-2. The van der Waals surface area contributed by atoms with Crippen molar-refractivity contribution < 1.29 is 32.7 Å². The van der Waals surface area contributed by atoms with Crippen molar-refractivity contribution in [2.75, 3.05) is 5.73 Å². The monoisotopic (exact) mass is 273 g/mol. The van der Waals surface area contributed by atoms with Crippen molar-refractivity contribution in [1.82, 2.24) is 4.98 Å². The van der Waals surface area contributed by atoms with Gasteiger partial charge in [0.25, 0.3) is 0 Å². The Balaban J connectivity index is 0.000000253. The summed E-state index contributed by atoms with van der Waals surface area (Å²) in [6.07, 6.45) is 1.56. The Morgan fingerprint density at radius 3 is 2.07 bits per heavy atom. The van der Waals surface area contributed by atoms with Gasteiger partial charge >= 0.3 is 0 Å². The normalized spacial score (nSPS) is 8.07. The standard InChI is InChI=1S/C6H7N2.C6H5.Y/c1-5-3-2-4-8-6(5)7;1-2-4-6-5-3-1;/h3-4H,1H3,(H2,7,8);1-5H;/q2*-1;. The van der Waals surface area contributed by atoms with Crippen LogP contribution in [0, 0.1) is 19.1 Å². The summed E-state index contributed by atoms with van der Waals surface area (Å²) in [5.74, 6) is 0.587. The molecule has 2 N–H and O–H groups in total. The van der Waals surface area contributed by atoms with E-state index in [1.807, 2.05) is 43.3 Å². The van der Waals surface area contributed by atoms with Crippen LogP contribution in [0.5, 0.6) is 0 Å². The van der Waals surface area contributed by atoms with E-state index in [9.17, 15) is 0 Å². The molecule has 0 saturated heterocycles. The first-order valence-corrected chi connectivity index (χ1v) is 4.30. The van der Waals surface area contributed by atoms with Crippen LogP contribution in [0.2, 0.25) is 0 Å². The van der Waals surface area contributed by atoms with Crippen molar-refractivity contribution in [1.29, 1.82) is 0 Å². The number of anilines is 1. The predicted octanol–water partition coefficient (Wildman–Crippen LogP) is 2.26. The summed E-state index contributed by atoms with van der Waals surface area (Å²) >= 11 is 0. The molecule has 0 saturated carbocycles. The van der Waals surface area contributed by atoms with Crippen LogP contribution in [0.25, 0.3) is 0 Å². The van der Waals surface area contributed by atoms with Crippen LogP contribution < -0.4 is 5.73 Å². The van der Waals surface area contributed by atoms with E-state index in [0.29, 0.717) is 5.82 Å². The van der Waals surface area contributed by atoms with Crippen LogP contribution in [0.4, 0.5) is 5.82 Å². The maximum atomic E-state index is 5.39. The topological polar surface area (TPSA) is 38.9 Å². The molecule has 0 fully saturated rings. The van der Waals surface area contributed by atoms with Crippen LogP contribution in [0.1, 0.15) is 5.56 Å². The summed E-state index contributed by atoms with van der Waals surface area (Å²) in [5, 5.41) is 0. The first kappa shape index (κ1) is 14.3. The van der Waals surface area contributed by atoms with Crippen molar-refractivity contribution in [2.24, 2.45) is 0 Å². The van der Waals surface area contributed by atoms with Crippen LogP contribution in [-0.4, -0.2) is 4.98 Å². The molecule has 3 heteroatoms. The van der Waals surface area contributed by atoms with Gasteiger partial charge in [0.05, 0.1) is 0 Å². The molecule has 2 aromatic rings. The third-order valence-corrected chi connectivity index (χ3v) is 1.59. The van der Waals surface area contributed by atoms with Gasteiger partial charge in [0, 0.05) is 38.5 Å². The van der Waals surface area contributed by atoms with E-state index in [4.69, 9.17) is 5.73 Å². The number of nitrogens with two attached hydrogens (primary N) is 1. The number of hydrogen-bond acceptors (Lipinski definition) is 2. The molecule has 0 amide bonds. The maximum absolute atomic E-state index is 5.39. The van der Waals surface area contributed by atoms with Gasteiger partial charge in [-0.25, -0.2) is 12.1 Å². The van der Waals surface area contributed by atoms with Crippen molar-refractivity contribution in [3.63, 3.8) is 0 Å². The summed E-state index contributed by atoms with van der Waals surface area (Å²) < 4.78 is 0. The molecule has 0 bridgehead atoms. The van der Waals surface area contributed by atoms with Gasteiger partial charge in [0.2, 0.25) is 0 Å². The fourth-order valence-electron chi connectivity index (χ4n) is 0.787. The number of nitrogens with zero attached hydrogens (tertiary/aromatic N) is 1. The first-order chi connectivity index (χ1) is 6.80. The number of aryl methyl sites for hydroxylation is 1. The van der Waals surface area contributed by atoms with Gasteiger partial charge in [-0.2, -0.15) is 42.0 Å². The van der Waals surface area contributed by atoms with E-state index >= 15 is 0 Å². The van der Waals surface area contributed by atoms with E-state index in [1.165, 1.54) is 0 Å². The Bertz CT molecular complexity index is 315. The van der Waals surface area contributed by atoms with Crippen molar-refractivity contribution in [3.05, 3.63) is 60.3 Å². The van der Waals surface area contributed by atoms with Crippen LogP contribution in [0.15, 0.2) is 42.6 Å². The molecule has 0 unspecified atom stereocenters. The Hall–Kier alpha value is -0.726. The average molecular weight is 273 g/mol. The SMILES string of the molecule is Cc1c[c-]cnc1N.[Y].[c-]1ccccc1. The molecule has 1 aromatic heterocycles. The van der Waals surface area contributed by atoms with E-state index in [2.05, 4.69) is 17.1 Å². The zero-order valence-electron chi connectivity index (χ0n) is 8.64. The van der Waals surface area contributed by atoms with Crippen molar-refractivity contribution in [3.8, 4) is 0 Å². The summed E-state index contributed by atoms with van der Waals surface area (Å²) in [6.45, 7) is 1.90. The molecule has 0 aliphatic rings. The number of aromatic nitrogens is 1. The third kappa shape index (κ3) is 6.37. The number of rotatable bonds is 0. The quantitative estimate of drug-likeness (QED) is 0.748. The maximum Gasteiger partial charge on any atom is 0.0409 e. The molecular weight excluding hydrogens is 261 g/mol. The van der Waals surface area contributed by atoms with Crippen LogP contribution >= 0.6 is 0 Å². The van der Waals surface area contributed by atoms with Gasteiger partial charge < -0.3 is 5.73 Å². The van der Waals surface area contributed by atoms with Crippen molar-refractivity contribution >= 4 is 5.82 Å². The molecule has 0 aliphatic heterocycles. The fraction of sp³-hybridized carbons (Fsp3) is 0.0833. The van der Waals surface area contributed by atoms with Gasteiger partial charge in [0.1, 0.15) is 0 Å². The molecule has 15 heavy (non-hydrogen) atoms. The molecule has 1 heterocycles. The van der Waals surface area contributed by atoms with Gasteiger partial charge in [-0.05, 0) is 0 Å². The van der Waals surface area contributed by atoms with Gasteiger partial charge in [-0.15, -0.1) is 6.92 Å². The summed E-state index contributed by atoms with van der Waals surface area (Å²) in [4.78, 5) is 3.80. The minimum absolute atomic E-state index is 0. The average Bonchev–Trinajstić information content (AvgIpc) is 2.26. The van der Waals surface area contributed by atoms with Crippen LogP contribution in [-0.2, 0) is 32.7 Å². The van der Waals surface area contributed by atoms with E-state index in [-0.39, 0.29) is 32.7 Å². The zero-order chi connectivity index (χ0) is 10.2. The Labute approximate surface area is 116 Å². The molecule has 0 spiro atoms. The number of hydrogen-bond donors (Lipinski definition) is 1. The number of pyridine rings is 1. The summed E-state index contributed by atoms with van der Waals surface area (Å²) in [5.41, 5.74) is 6.37. The molecule has 1 radical (unpaired) electrons. The minimum Gasteiger partial charge on any atom is -0.398 e. The fourth-order valence-corrected chi connectivity index (χ4v) is 0.787. The molecule has 2 nitrogen and oxygen atoms in total. The molecule has 1 aromatic carbocycles. The first-order valence-electron chi connectivity index (χ1n) is 4.30. The van der Waals surface area contributed by atoms with Gasteiger partial charge in [-0.3, -0.25) is 4.98 Å². The molecule has 75 valence electrons. The van der Waals surface area contributed by atoms with Gasteiger partial charge in [-0.1, -0.05) is 6.20 Å². The number of nitrogen functional groups attached to an aromatic ring is 1. The second-order valence-electron chi connectivity index (χ2n) is 2.71. The molecule has 0 aliphatic carbocycles. The third-order valence-electron chi connectivity index (χ3n) is 1.59. The second-order valence-corrected chi connectivity index (χ2v) is 2.71. The van der Waals surface area contributed by atoms with Crippen LogP contribution in [0.3, 0.4) is 0 Å².